The van der Waals surface area contributed by atoms with Crippen molar-refractivity contribution in [2.45, 2.75) is 26.7 Å². The standard InChI is InChI=1S/C28H25BrClFN4O4/c1-3-7-25-33-22-11-10-18(29)14-19(22)28(37)35(25)32-15-17-12-20(30)27(24(13-17)38-4-2)39-16-26(36)34-23-9-6-5-8-21(23)31/h5-6,8-15H,3-4,7,16H2,1-2H3,(H,34,36). The fourth-order valence-electron chi connectivity index (χ4n) is 3.78. The van der Waals surface area contributed by atoms with Gasteiger partial charge >= 0.3 is 0 Å². The van der Waals surface area contributed by atoms with E-state index in [0.29, 0.717) is 35.3 Å². The van der Waals surface area contributed by atoms with Crippen molar-refractivity contribution in [1.82, 2.24) is 9.66 Å². The van der Waals surface area contributed by atoms with Crippen molar-refractivity contribution in [3.8, 4) is 11.5 Å². The van der Waals surface area contributed by atoms with Crippen molar-refractivity contribution in [2.75, 3.05) is 18.5 Å². The van der Waals surface area contributed by atoms with E-state index in [0.717, 1.165) is 10.9 Å². The zero-order valence-corrected chi connectivity index (χ0v) is 23.6. The molecule has 0 spiro atoms. The molecule has 8 nitrogen and oxygen atoms in total. The van der Waals surface area contributed by atoms with E-state index < -0.39 is 18.3 Å². The van der Waals surface area contributed by atoms with Gasteiger partial charge in [-0.3, -0.25) is 9.59 Å². The molecule has 0 aliphatic carbocycles. The summed E-state index contributed by atoms with van der Waals surface area (Å²) in [5.74, 6) is -0.154. The van der Waals surface area contributed by atoms with Gasteiger partial charge in [0.05, 0.1) is 34.4 Å². The van der Waals surface area contributed by atoms with Gasteiger partial charge in [-0.1, -0.05) is 46.6 Å². The van der Waals surface area contributed by atoms with Crippen molar-refractivity contribution in [2.24, 2.45) is 5.10 Å². The Morgan fingerprint density at radius 1 is 1.18 bits per heavy atom. The summed E-state index contributed by atoms with van der Waals surface area (Å²) >= 11 is 9.88. The quantitative estimate of drug-likeness (QED) is 0.214. The molecule has 1 heterocycles. The van der Waals surface area contributed by atoms with E-state index in [1.54, 1.807) is 37.3 Å². The number of hydrogen-bond acceptors (Lipinski definition) is 6. The highest BCUT2D eigenvalue weighted by Crippen LogP contribution is 2.36. The number of halogens is 3. The van der Waals surface area contributed by atoms with Gasteiger partial charge < -0.3 is 14.8 Å². The number of rotatable bonds is 10. The maximum Gasteiger partial charge on any atom is 0.282 e. The van der Waals surface area contributed by atoms with Gasteiger partial charge in [0.2, 0.25) is 0 Å². The Hall–Kier alpha value is -3.76. The topological polar surface area (TPSA) is 94.8 Å². The molecule has 11 heteroatoms. The van der Waals surface area contributed by atoms with E-state index >= 15 is 0 Å². The summed E-state index contributed by atoms with van der Waals surface area (Å²) in [5, 5.41) is 7.48. The molecule has 1 N–H and O–H groups in total. The summed E-state index contributed by atoms with van der Waals surface area (Å²) in [6, 6.07) is 14.4. The number of anilines is 1. The maximum absolute atomic E-state index is 13.8. The Bertz CT molecular complexity index is 1610. The van der Waals surface area contributed by atoms with Crippen LogP contribution in [-0.4, -0.2) is 35.0 Å². The van der Waals surface area contributed by atoms with Crippen LogP contribution in [0.4, 0.5) is 10.1 Å². The van der Waals surface area contributed by atoms with E-state index in [9.17, 15) is 14.0 Å². The van der Waals surface area contributed by atoms with E-state index in [2.05, 4.69) is 31.3 Å². The smallest absolute Gasteiger partial charge is 0.282 e. The largest absolute Gasteiger partial charge is 0.490 e. The Morgan fingerprint density at radius 3 is 2.72 bits per heavy atom. The molecule has 0 fully saturated rings. The number of aromatic nitrogens is 2. The van der Waals surface area contributed by atoms with Crippen molar-refractivity contribution >= 4 is 56.2 Å². The molecule has 0 aliphatic rings. The van der Waals surface area contributed by atoms with Crippen LogP contribution in [0.25, 0.3) is 10.9 Å². The number of para-hydroxylation sites is 1. The van der Waals surface area contributed by atoms with Gasteiger partial charge in [-0.25, -0.2) is 9.37 Å². The van der Waals surface area contributed by atoms with Crippen LogP contribution < -0.4 is 20.3 Å². The Kier molecular flexibility index (Phi) is 9.32. The first-order valence-corrected chi connectivity index (χ1v) is 13.4. The minimum absolute atomic E-state index is 0.0435. The number of carbonyl (C=O) groups excluding carboxylic acids is 1. The fraction of sp³-hybridized carbons (Fsp3) is 0.214. The first-order valence-electron chi connectivity index (χ1n) is 12.2. The molecule has 3 aromatic carbocycles. The Labute approximate surface area is 237 Å². The molecule has 4 aromatic rings. The summed E-state index contributed by atoms with van der Waals surface area (Å²) in [6.45, 7) is 3.67. The van der Waals surface area contributed by atoms with E-state index in [-0.39, 0.29) is 27.8 Å². The number of fused-ring (bicyclic) bond motifs is 1. The molecule has 0 unspecified atom stereocenters. The average Bonchev–Trinajstić information content (AvgIpc) is 2.90. The van der Waals surface area contributed by atoms with Crippen LogP contribution in [0, 0.1) is 5.82 Å². The minimum Gasteiger partial charge on any atom is -0.490 e. The van der Waals surface area contributed by atoms with Gasteiger partial charge in [-0.15, -0.1) is 0 Å². The summed E-state index contributed by atoms with van der Waals surface area (Å²) in [5.41, 5.74) is 0.885. The Morgan fingerprint density at radius 2 is 1.97 bits per heavy atom. The van der Waals surface area contributed by atoms with Crippen molar-refractivity contribution in [1.29, 1.82) is 0 Å². The third kappa shape index (κ3) is 6.82. The average molecular weight is 616 g/mol. The van der Waals surface area contributed by atoms with Gasteiger partial charge in [-0.05, 0) is 61.4 Å². The molecular weight excluding hydrogens is 591 g/mol. The molecule has 0 aliphatic heterocycles. The summed E-state index contributed by atoms with van der Waals surface area (Å²) < 4.78 is 27.2. The van der Waals surface area contributed by atoms with E-state index in [1.807, 2.05) is 13.0 Å². The lowest BCUT2D eigenvalue weighted by Crippen LogP contribution is -2.22. The van der Waals surface area contributed by atoms with Gasteiger partial charge in [-0.2, -0.15) is 9.78 Å². The summed E-state index contributed by atoms with van der Waals surface area (Å²) in [4.78, 5) is 30.2. The first-order chi connectivity index (χ1) is 18.8. The van der Waals surface area contributed by atoms with Gasteiger partial charge in [0.1, 0.15) is 11.6 Å². The number of carbonyl (C=O) groups is 1. The molecule has 0 radical (unpaired) electrons. The highest BCUT2D eigenvalue weighted by Gasteiger charge is 2.16. The second kappa shape index (κ2) is 12.9. The van der Waals surface area contributed by atoms with Crippen LogP contribution in [0.15, 0.2) is 69.0 Å². The van der Waals surface area contributed by atoms with Crippen molar-refractivity contribution < 1.29 is 18.7 Å². The monoisotopic (exact) mass is 614 g/mol. The first kappa shape index (κ1) is 28.3. The molecular formula is C28H25BrClFN4O4. The van der Waals surface area contributed by atoms with Gasteiger partial charge in [0.15, 0.2) is 18.1 Å². The third-order valence-electron chi connectivity index (χ3n) is 5.50. The van der Waals surface area contributed by atoms with Crippen LogP contribution in [-0.2, 0) is 11.2 Å². The SMILES string of the molecule is CCCc1nc2ccc(Br)cc2c(=O)n1N=Cc1cc(Cl)c(OCC(=O)Nc2ccccc2F)c(OCC)c1. The van der Waals surface area contributed by atoms with Crippen LogP contribution in [0.3, 0.4) is 0 Å². The molecule has 0 atom stereocenters. The van der Waals surface area contributed by atoms with Crippen LogP contribution >= 0.6 is 27.5 Å². The number of hydrogen-bond donors (Lipinski definition) is 1. The molecule has 0 saturated carbocycles. The van der Waals surface area contributed by atoms with Crippen molar-refractivity contribution in [3.05, 3.63) is 91.7 Å². The molecule has 202 valence electrons. The van der Waals surface area contributed by atoms with Crippen molar-refractivity contribution in [3.63, 3.8) is 0 Å². The summed E-state index contributed by atoms with van der Waals surface area (Å²) in [6.07, 6.45) is 2.82. The predicted molar refractivity (Wildman–Crippen MR) is 154 cm³/mol. The normalized spacial score (nSPS) is 11.2. The number of ether oxygens (including phenoxy) is 2. The molecule has 1 amide bonds. The number of benzene rings is 3. The maximum atomic E-state index is 13.8. The molecule has 0 bridgehead atoms. The second-order valence-electron chi connectivity index (χ2n) is 8.38. The zero-order valence-electron chi connectivity index (χ0n) is 21.2. The van der Waals surface area contributed by atoms with Crippen LogP contribution in [0.1, 0.15) is 31.7 Å². The lowest BCUT2D eigenvalue weighted by Gasteiger charge is -2.14. The summed E-state index contributed by atoms with van der Waals surface area (Å²) in [7, 11) is 0. The highest BCUT2D eigenvalue weighted by molar-refractivity contribution is 9.10. The van der Waals surface area contributed by atoms with Gasteiger partial charge in [0.25, 0.3) is 11.5 Å². The lowest BCUT2D eigenvalue weighted by atomic mass is 10.2. The predicted octanol–water partition coefficient (Wildman–Crippen LogP) is 6.20. The third-order valence-corrected chi connectivity index (χ3v) is 6.27. The van der Waals surface area contributed by atoms with Gasteiger partial charge in [0, 0.05) is 10.9 Å². The minimum atomic E-state index is -0.567. The van der Waals surface area contributed by atoms with E-state index in [4.69, 9.17) is 21.1 Å². The fourth-order valence-corrected chi connectivity index (χ4v) is 4.41. The molecule has 1 aromatic heterocycles. The molecule has 0 saturated heterocycles. The Balaban J connectivity index is 1.61. The number of amides is 1. The second-order valence-corrected chi connectivity index (χ2v) is 9.70. The molecule has 4 rings (SSSR count). The lowest BCUT2D eigenvalue weighted by molar-refractivity contribution is -0.118. The van der Waals surface area contributed by atoms with Crippen LogP contribution in [0.5, 0.6) is 11.5 Å². The highest BCUT2D eigenvalue weighted by atomic mass is 79.9. The number of aryl methyl sites for hydroxylation is 1. The number of nitrogens with zero attached hydrogens (tertiary/aromatic N) is 3. The van der Waals surface area contributed by atoms with E-state index in [1.165, 1.54) is 29.1 Å². The molecule has 39 heavy (non-hydrogen) atoms. The van der Waals surface area contributed by atoms with Crippen LogP contribution in [0.2, 0.25) is 5.02 Å². The number of nitrogens with one attached hydrogen (secondary N) is 1. The zero-order chi connectivity index (χ0) is 27.9.